The van der Waals surface area contributed by atoms with E-state index in [2.05, 4.69) is 15.3 Å². The number of aromatic nitrogens is 3. The molecule has 136 valence electrons. The highest BCUT2D eigenvalue weighted by Gasteiger charge is 2.13. The number of aryl methyl sites for hydroxylation is 2. The summed E-state index contributed by atoms with van der Waals surface area (Å²) < 4.78 is 20.7. The maximum atomic E-state index is 11.5. The van der Waals surface area contributed by atoms with E-state index in [0.717, 1.165) is 17.7 Å². The van der Waals surface area contributed by atoms with Gasteiger partial charge in [0.1, 0.15) is 11.5 Å². The van der Waals surface area contributed by atoms with Crippen molar-refractivity contribution < 1.29 is 23.3 Å². The molecule has 0 amide bonds. The van der Waals surface area contributed by atoms with Crippen molar-refractivity contribution in [1.82, 2.24) is 15.3 Å². The SMILES string of the molecule is CCOC(=O)c1cc(CCCOc2ccc(-c3noc(C)n3)cc2)on1. The van der Waals surface area contributed by atoms with Crippen molar-refractivity contribution in [3.8, 4) is 17.1 Å². The summed E-state index contributed by atoms with van der Waals surface area (Å²) in [7, 11) is 0. The molecule has 3 rings (SSSR count). The van der Waals surface area contributed by atoms with Gasteiger partial charge in [0.05, 0.1) is 13.2 Å². The van der Waals surface area contributed by atoms with Crippen LogP contribution in [0, 0.1) is 6.92 Å². The van der Waals surface area contributed by atoms with E-state index in [9.17, 15) is 4.79 Å². The van der Waals surface area contributed by atoms with Crippen LogP contribution < -0.4 is 4.74 Å². The van der Waals surface area contributed by atoms with Crippen molar-refractivity contribution in [2.75, 3.05) is 13.2 Å². The fourth-order valence-corrected chi connectivity index (χ4v) is 2.29. The Labute approximate surface area is 150 Å². The quantitative estimate of drug-likeness (QED) is 0.447. The van der Waals surface area contributed by atoms with Crippen molar-refractivity contribution in [2.45, 2.75) is 26.7 Å². The minimum absolute atomic E-state index is 0.190. The Morgan fingerprint density at radius 2 is 1.96 bits per heavy atom. The molecule has 0 aliphatic heterocycles. The predicted molar refractivity (Wildman–Crippen MR) is 90.7 cm³/mol. The zero-order valence-corrected chi connectivity index (χ0v) is 14.6. The van der Waals surface area contributed by atoms with E-state index in [0.29, 0.717) is 37.1 Å². The minimum atomic E-state index is -0.476. The molecule has 8 nitrogen and oxygen atoms in total. The fourth-order valence-electron chi connectivity index (χ4n) is 2.29. The third-order valence-electron chi connectivity index (χ3n) is 3.52. The molecule has 3 aromatic rings. The number of nitrogens with zero attached hydrogens (tertiary/aromatic N) is 3. The summed E-state index contributed by atoms with van der Waals surface area (Å²) in [6.45, 7) is 4.31. The minimum Gasteiger partial charge on any atom is -0.494 e. The van der Waals surface area contributed by atoms with Gasteiger partial charge in [-0.15, -0.1) is 0 Å². The molecule has 0 unspecified atom stereocenters. The lowest BCUT2D eigenvalue weighted by Gasteiger charge is -2.05. The number of benzene rings is 1. The second-order valence-electron chi connectivity index (χ2n) is 5.51. The van der Waals surface area contributed by atoms with Gasteiger partial charge < -0.3 is 18.5 Å². The molecule has 0 spiro atoms. The first-order valence-electron chi connectivity index (χ1n) is 8.32. The lowest BCUT2D eigenvalue weighted by atomic mass is 10.2. The van der Waals surface area contributed by atoms with E-state index in [-0.39, 0.29) is 5.69 Å². The number of carbonyl (C=O) groups is 1. The Morgan fingerprint density at radius 1 is 1.15 bits per heavy atom. The summed E-state index contributed by atoms with van der Waals surface area (Å²) >= 11 is 0. The highest BCUT2D eigenvalue weighted by Crippen LogP contribution is 2.20. The third kappa shape index (κ3) is 4.47. The summed E-state index contributed by atoms with van der Waals surface area (Å²) in [5.41, 5.74) is 1.05. The largest absolute Gasteiger partial charge is 0.494 e. The molecule has 0 fully saturated rings. The molecule has 8 heteroatoms. The molecule has 26 heavy (non-hydrogen) atoms. The fraction of sp³-hybridized carbons (Fsp3) is 0.333. The maximum Gasteiger partial charge on any atom is 0.360 e. The topological polar surface area (TPSA) is 100 Å². The van der Waals surface area contributed by atoms with Crippen LogP contribution in [0.4, 0.5) is 0 Å². The van der Waals surface area contributed by atoms with Crippen molar-refractivity contribution in [3.63, 3.8) is 0 Å². The van der Waals surface area contributed by atoms with E-state index in [1.807, 2.05) is 24.3 Å². The van der Waals surface area contributed by atoms with E-state index >= 15 is 0 Å². The average molecular weight is 357 g/mol. The Kier molecular flexibility index (Phi) is 5.62. The molecule has 2 aromatic heterocycles. The summed E-state index contributed by atoms with van der Waals surface area (Å²) in [6, 6.07) is 9.06. The maximum absolute atomic E-state index is 11.5. The van der Waals surface area contributed by atoms with Gasteiger partial charge in [-0.2, -0.15) is 4.98 Å². The van der Waals surface area contributed by atoms with Gasteiger partial charge in [-0.3, -0.25) is 0 Å². The molecule has 0 radical (unpaired) electrons. The number of esters is 1. The van der Waals surface area contributed by atoms with Crippen molar-refractivity contribution in [1.29, 1.82) is 0 Å². The second-order valence-corrected chi connectivity index (χ2v) is 5.51. The first-order chi connectivity index (χ1) is 12.7. The summed E-state index contributed by atoms with van der Waals surface area (Å²) in [5.74, 6) is 1.98. The lowest BCUT2D eigenvalue weighted by molar-refractivity contribution is 0.0514. The van der Waals surface area contributed by atoms with Gasteiger partial charge in [0, 0.05) is 25.0 Å². The summed E-state index contributed by atoms with van der Waals surface area (Å²) in [5, 5.41) is 7.58. The number of rotatable bonds is 8. The number of hydrogen-bond donors (Lipinski definition) is 0. The van der Waals surface area contributed by atoms with E-state index in [4.69, 9.17) is 18.5 Å². The van der Waals surface area contributed by atoms with Gasteiger partial charge in [-0.25, -0.2) is 4.79 Å². The van der Waals surface area contributed by atoms with E-state index < -0.39 is 5.97 Å². The standard InChI is InChI=1S/C18H19N3O5/c1-3-23-18(22)16-11-15(26-20-16)5-4-10-24-14-8-6-13(7-9-14)17-19-12(2)25-21-17/h6-9,11H,3-5,10H2,1-2H3. The third-order valence-corrected chi connectivity index (χ3v) is 3.52. The van der Waals surface area contributed by atoms with Crippen LogP contribution in [-0.4, -0.2) is 34.5 Å². The van der Waals surface area contributed by atoms with Crippen LogP contribution in [0.2, 0.25) is 0 Å². The summed E-state index contributed by atoms with van der Waals surface area (Å²) in [6.07, 6.45) is 1.34. The monoisotopic (exact) mass is 357 g/mol. The highest BCUT2D eigenvalue weighted by atomic mass is 16.5. The van der Waals surface area contributed by atoms with Crippen LogP contribution in [0.1, 0.15) is 35.5 Å². The van der Waals surface area contributed by atoms with Crippen molar-refractivity contribution >= 4 is 5.97 Å². The molecular formula is C18H19N3O5. The van der Waals surface area contributed by atoms with Crippen LogP contribution in [0.15, 0.2) is 39.4 Å². The van der Waals surface area contributed by atoms with Gasteiger partial charge in [0.25, 0.3) is 0 Å². The van der Waals surface area contributed by atoms with Crippen LogP contribution in [0.25, 0.3) is 11.4 Å². The lowest BCUT2D eigenvalue weighted by Crippen LogP contribution is -2.04. The zero-order chi connectivity index (χ0) is 18.4. The molecule has 0 N–H and O–H groups in total. The van der Waals surface area contributed by atoms with Crippen LogP contribution in [0.5, 0.6) is 5.75 Å². The Bertz CT molecular complexity index is 854. The van der Waals surface area contributed by atoms with Gasteiger partial charge in [0.15, 0.2) is 5.69 Å². The van der Waals surface area contributed by atoms with Crippen LogP contribution in [0.3, 0.4) is 0 Å². The number of ether oxygens (including phenoxy) is 2. The molecule has 0 saturated heterocycles. The number of hydrogen-bond acceptors (Lipinski definition) is 8. The smallest absolute Gasteiger partial charge is 0.360 e. The highest BCUT2D eigenvalue weighted by molar-refractivity contribution is 5.87. The van der Waals surface area contributed by atoms with Gasteiger partial charge in [-0.1, -0.05) is 10.3 Å². The van der Waals surface area contributed by atoms with Crippen molar-refractivity contribution in [2.24, 2.45) is 0 Å². The molecule has 0 aliphatic carbocycles. The molecule has 0 atom stereocenters. The molecule has 2 heterocycles. The zero-order valence-electron chi connectivity index (χ0n) is 14.6. The molecule has 0 aliphatic rings. The predicted octanol–water partition coefficient (Wildman–Crippen LogP) is 3.22. The average Bonchev–Trinajstić information content (AvgIpc) is 3.29. The molecule has 0 saturated carbocycles. The Balaban J connectivity index is 1.44. The Morgan fingerprint density at radius 3 is 2.65 bits per heavy atom. The second kappa shape index (κ2) is 8.28. The van der Waals surface area contributed by atoms with Crippen LogP contribution in [-0.2, 0) is 11.2 Å². The number of carbonyl (C=O) groups excluding carboxylic acids is 1. The molecule has 0 bridgehead atoms. The van der Waals surface area contributed by atoms with Crippen LogP contribution >= 0.6 is 0 Å². The Hall–Kier alpha value is -3.16. The first-order valence-corrected chi connectivity index (χ1v) is 8.32. The van der Waals surface area contributed by atoms with Crippen molar-refractivity contribution in [3.05, 3.63) is 47.7 Å². The van der Waals surface area contributed by atoms with Gasteiger partial charge >= 0.3 is 5.97 Å². The first kappa shape index (κ1) is 17.7. The summed E-state index contributed by atoms with van der Waals surface area (Å²) in [4.78, 5) is 15.7. The van der Waals surface area contributed by atoms with E-state index in [1.54, 1.807) is 19.9 Å². The molecular weight excluding hydrogens is 338 g/mol. The normalized spacial score (nSPS) is 10.7. The van der Waals surface area contributed by atoms with E-state index in [1.165, 1.54) is 0 Å². The van der Waals surface area contributed by atoms with Gasteiger partial charge in [-0.05, 0) is 37.6 Å². The van der Waals surface area contributed by atoms with Gasteiger partial charge in [0.2, 0.25) is 11.7 Å². The molecule has 1 aromatic carbocycles.